The Kier molecular flexibility index (Phi) is 1.68. The van der Waals surface area contributed by atoms with Crippen molar-refractivity contribution in [3.63, 3.8) is 0 Å². The topological polar surface area (TPSA) is 34.9 Å². The van der Waals surface area contributed by atoms with Crippen LogP contribution in [-0.2, 0) is 16.1 Å². The molecule has 1 aromatic heterocycles. The second-order valence-corrected chi connectivity index (χ2v) is 2.57. The largest absolute Gasteiger partial charge is 0.466 e. The highest BCUT2D eigenvalue weighted by Crippen LogP contribution is 2.32. The Bertz CT molecular complexity index is 237. The van der Waals surface area contributed by atoms with E-state index in [2.05, 4.69) is 0 Å². The Labute approximate surface area is 64.9 Å². The van der Waals surface area contributed by atoms with Gasteiger partial charge in [-0.3, -0.25) is 0 Å². The van der Waals surface area contributed by atoms with Gasteiger partial charge in [-0.2, -0.15) is 0 Å². The van der Waals surface area contributed by atoms with Gasteiger partial charge in [-0.15, -0.1) is 0 Å². The molecule has 1 unspecified atom stereocenters. The molecule has 0 amide bonds. The Hall–Kier alpha value is -0.800. The minimum atomic E-state index is 0.190. The minimum absolute atomic E-state index is 0.190. The third-order valence-electron chi connectivity index (χ3n) is 1.71. The first-order valence-corrected chi connectivity index (χ1v) is 3.58. The summed E-state index contributed by atoms with van der Waals surface area (Å²) in [7, 11) is 1.67. The molecule has 0 spiro atoms. The van der Waals surface area contributed by atoms with Crippen molar-refractivity contribution < 1.29 is 13.9 Å². The van der Waals surface area contributed by atoms with Crippen molar-refractivity contribution in [1.82, 2.24) is 0 Å². The summed E-state index contributed by atoms with van der Waals surface area (Å²) in [5, 5.41) is 0. The van der Waals surface area contributed by atoms with E-state index in [9.17, 15) is 0 Å². The minimum Gasteiger partial charge on any atom is -0.466 e. The average molecular weight is 154 g/mol. The number of furan rings is 1. The van der Waals surface area contributed by atoms with Crippen LogP contribution in [0.1, 0.15) is 17.4 Å². The van der Waals surface area contributed by atoms with E-state index in [4.69, 9.17) is 13.9 Å². The second kappa shape index (κ2) is 2.68. The fraction of sp³-hybridized carbons (Fsp3) is 0.500. The molecule has 0 aromatic carbocycles. The molecule has 2 rings (SSSR count). The maximum absolute atomic E-state index is 5.24. The number of methoxy groups -OCH3 is 1. The molecule has 0 aliphatic carbocycles. The van der Waals surface area contributed by atoms with Gasteiger partial charge in [0.2, 0.25) is 0 Å². The van der Waals surface area contributed by atoms with Crippen LogP contribution in [0, 0.1) is 0 Å². The summed E-state index contributed by atoms with van der Waals surface area (Å²) < 4.78 is 15.3. The smallest absolute Gasteiger partial charge is 0.140 e. The molecule has 11 heavy (non-hydrogen) atoms. The van der Waals surface area contributed by atoms with Crippen molar-refractivity contribution in [1.29, 1.82) is 0 Å². The molecule has 3 heteroatoms. The number of epoxide rings is 1. The quantitative estimate of drug-likeness (QED) is 0.619. The van der Waals surface area contributed by atoms with Gasteiger partial charge < -0.3 is 13.9 Å². The molecule has 0 N–H and O–H groups in total. The third kappa shape index (κ3) is 1.29. The molecule has 0 saturated carbocycles. The molecule has 60 valence electrons. The summed E-state index contributed by atoms with van der Waals surface area (Å²) in [6.07, 6.45) is 1.86. The Balaban J connectivity index is 2.16. The van der Waals surface area contributed by atoms with Gasteiger partial charge in [0, 0.05) is 12.7 Å². The Morgan fingerprint density at radius 1 is 1.73 bits per heavy atom. The molecule has 2 heterocycles. The van der Waals surface area contributed by atoms with E-state index in [1.807, 2.05) is 6.07 Å². The molecular formula is C8H10O3. The third-order valence-corrected chi connectivity index (χ3v) is 1.71. The molecule has 1 aliphatic rings. The van der Waals surface area contributed by atoms with Crippen molar-refractivity contribution in [2.75, 3.05) is 13.7 Å². The number of hydrogen-bond acceptors (Lipinski definition) is 3. The Morgan fingerprint density at radius 3 is 3.18 bits per heavy atom. The molecule has 1 aliphatic heterocycles. The van der Waals surface area contributed by atoms with E-state index in [0.717, 1.165) is 17.9 Å². The van der Waals surface area contributed by atoms with Gasteiger partial charge in [0.25, 0.3) is 0 Å². The summed E-state index contributed by atoms with van der Waals surface area (Å²) in [5.41, 5.74) is 1.09. The number of rotatable bonds is 3. The predicted molar refractivity (Wildman–Crippen MR) is 38.1 cm³/mol. The zero-order valence-corrected chi connectivity index (χ0v) is 6.37. The van der Waals surface area contributed by atoms with Crippen LogP contribution in [0.2, 0.25) is 0 Å². The molecule has 1 aromatic rings. The second-order valence-electron chi connectivity index (χ2n) is 2.57. The van der Waals surface area contributed by atoms with Gasteiger partial charge >= 0.3 is 0 Å². The highest BCUT2D eigenvalue weighted by molar-refractivity contribution is 5.20. The summed E-state index contributed by atoms with van der Waals surface area (Å²) in [5.74, 6) is 0.923. The maximum atomic E-state index is 5.24. The van der Waals surface area contributed by atoms with Crippen LogP contribution in [0.15, 0.2) is 16.7 Å². The van der Waals surface area contributed by atoms with E-state index in [-0.39, 0.29) is 6.10 Å². The zero-order chi connectivity index (χ0) is 7.68. The fourth-order valence-corrected chi connectivity index (χ4v) is 1.10. The lowest BCUT2D eigenvalue weighted by Crippen LogP contribution is -1.89. The average Bonchev–Trinajstić information content (AvgIpc) is 2.75. The van der Waals surface area contributed by atoms with Crippen LogP contribution in [0.3, 0.4) is 0 Å². The van der Waals surface area contributed by atoms with Crippen LogP contribution in [-0.4, -0.2) is 13.7 Å². The van der Waals surface area contributed by atoms with Crippen molar-refractivity contribution in [2.45, 2.75) is 12.7 Å². The van der Waals surface area contributed by atoms with E-state index in [1.165, 1.54) is 0 Å². The first-order chi connectivity index (χ1) is 5.42. The SMILES string of the molecule is COCc1ccoc1C1CO1. The highest BCUT2D eigenvalue weighted by Gasteiger charge is 2.30. The van der Waals surface area contributed by atoms with Crippen LogP contribution in [0.4, 0.5) is 0 Å². The van der Waals surface area contributed by atoms with Crippen molar-refractivity contribution >= 4 is 0 Å². The zero-order valence-electron chi connectivity index (χ0n) is 6.37. The molecule has 1 saturated heterocycles. The monoisotopic (exact) mass is 154 g/mol. The molecule has 1 fully saturated rings. The standard InChI is InChI=1S/C8H10O3/c1-9-4-6-2-3-10-8(6)7-5-11-7/h2-3,7H,4-5H2,1H3. The summed E-state index contributed by atoms with van der Waals surface area (Å²) in [6, 6.07) is 1.92. The van der Waals surface area contributed by atoms with Gasteiger partial charge in [-0.1, -0.05) is 0 Å². The van der Waals surface area contributed by atoms with Crippen molar-refractivity contribution in [2.24, 2.45) is 0 Å². The first kappa shape index (κ1) is 6.88. The lowest BCUT2D eigenvalue weighted by atomic mass is 10.2. The van der Waals surface area contributed by atoms with Gasteiger partial charge in [-0.05, 0) is 6.07 Å². The van der Waals surface area contributed by atoms with Crippen molar-refractivity contribution in [3.8, 4) is 0 Å². The number of hydrogen-bond donors (Lipinski definition) is 0. The van der Waals surface area contributed by atoms with Crippen LogP contribution in [0.25, 0.3) is 0 Å². The normalized spacial score (nSPS) is 22.1. The molecule has 0 radical (unpaired) electrons. The molecule has 0 bridgehead atoms. The van der Waals surface area contributed by atoms with Gasteiger partial charge in [0.05, 0.1) is 19.5 Å². The van der Waals surface area contributed by atoms with E-state index in [1.54, 1.807) is 13.4 Å². The van der Waals surface area contributed by atoms with Crippen LogP contribution in [0.5, 0.6) is 0 Å². The predicted octanol–water partition coefficient (Wildman–Crippen LogP) is 1.50. The summed E-state index contributed by atoms with van der Waals surface area (Å²) in [4.78, 5) is 0. The molecule has 3 nitrogen and oxygen atoms in total. The van der Waals surface area contributed by atoms with Crippen molar-refractivity contribution in [3.05, 3.63) is 23.7 Å². The van der Waals surface area contributed by atoms with Crippen LogP contribution < -0.4 is 0 Å². The lowest BCUT2D eigenvalue weighted by molar-refractivity contribution is 0.182. The van der Waals surface area contributed by atoms with Crippen LogP contribution >= 0.6 is 0 Å². The summed E-state index contributed by atoms with van der Waals surface area (Å²) in [6.45, 7) is 1.38. The lowest BCUT2D eigenvalue weighted by Gasteiger charge is -1.96. The fourth-order valence-electron chi connectivity index (χ4n) is 1.10. The maximum Gasteiger partial charge on any atom is 0.140 e. The van der Waals surface area contributed by atoms with E-state index >= 15 is 0 Å². The van der Waals surface area contributed by atoms with Gasteiger partial charge in [0.15, 0.2) is 0 Å². The summed E-state index contributed by atoms with van der Waals surface area (Å²) >= 11 is 0. The van der Waals surface area contributed by atoms with Gasteiger partial charge in [-0.25, -0.2) is 0 Å². The molecular weight excluding hydrogens is 144 g/mol. The van der Waals surface area contributed by atoms with E-state index < -0.39 is 0 Å². The van der Waals surface area contributed by atoms with E-state index in [0.29, 0.717) is 6.61 Å². The Morgan fingerprint density at radius 2 is 2.55 bits per heavy atom. The first-order valence-electron chi connectivity index (χ1n) is 3.58. The molecule has 1 atom stereocenters. The number of ether oxygens (including phenoxy) is 2. The highest BCUT2D eigenvalue weighted by atomic mass is 16.6. The van der Waals surface area contributed by atoms with Gasteiger partial charge in [0.1, 0.15) is 11.9 Å².